The van der Waals surface area contributed by atoms with E-state index in [0.29, 0.717) is 5.92 Å². The van der Waals surface area contributed by atoms with Gasteiger partial charge in [-0.2, -0.15) is 0 Å². The highest BCUT2D eigenvalue weighted by atomic mass is 32.1. The van der Waals surface area contributed by atoms with Gasteiger partial charge in [0.2, 0.25) is 0 Å². The van der Waals surface area contributed by atoms with Crippen molar-refractivity contribution in [2.24, 2.45) is 0 Å². The van der Waals surface area contributed by atoms with Gasteiger partial charge in [0, 0.05) is 10.4 Å². The summed E-state index contributed by atoms with van der Waals surface area (Å²) in [6.45, 7) is 7.89. The summed E-state index contributed by atoms with van der Waals surface area (Å²) in [5.74, 6) is 0.411. The number of benzene rings is 1. The second-order valence-corrected chi connectivity index (χ2v) is 6.34. The average molecular weight is 261 g/mol. The minimum Gasteiger partial charge on any atom is -0.383 e. The van der Waals surface area contributed by atoms with Gasteiger partial charge in [-0.3, -0.25) is 0 Å². The first-order valence-electron chi connectivity index (χ1n) is 6.18. The van der Waals surface area contributed by atoms with Gasteiger partial charge in [-0.1, -0.05) is 44.2 Å². The van der Waals surface area contributed by atoms with Crippen molar-refractivity contribution in [3.05, 3.63) is 40.2 Å². The molecule has 1 N–H and O–H groups in total. The van der Waals surface area contributed by atoms with Crippen LogP contribution in [0.1, 0.15) is 43.5 Å². The van der Waals surface area contributed by atoms with E-state index in [1.165, 1.54) is 4.88 Å². The SMILES string of the molecule is CC(C)c1sc(C(C)(C)O)nc1-c1ccccc1. The van der Waals surface area contributed by atoms with Crippen LogP contribution in [0.2, 0.25) is 0 Å². The van der Waals surface area contributed by atoms with E-state index in [1.807, 2.05) is 18.2 Å². The molecule has 0 bridgehead atoms. The molecule has 0 saturated carbocycles. The van der Waals surface area contributed by atoms with E-state index in [-0.39, 0.29) is 0 Å². The van der Waals surface area contributed by atoms with Crippen LogP contribution in [0.25, 0.3) is 11.3 Å². The van der Waals surface area contributed by atoms with Crippen molar-refractivity contribution >= 4 is 11.3 Å². The summed E-state index contributed by atoms with van der Waals surface area (Å²) in [6, 6.07) is 10.2. The molecule has 18 heavy (non-hydrogen) atoms. The molecule has 0 saturated heterocycles. The third-order valence-electron chi connectivity index (χ3n) is 2.75. The fourth-order valence-corrected chi connectivity index (χ4v) is 2.88. The lowest BCUT2D eigenvalue weighted by molar-refractivity contribution is 0.0783. The number of hydrogen-bond donors (Lipinski definition) is 1. The first kappa shape index (κ1) is 13.2. The van der Waals surface area contributed by atoms with Crippen LogP contribution >= 0.6 is 11.3 Å². The van der Waals surface area contributed by atoms with Crippen LogP contribution in [-0.2, 0) is 5.60 Å². The van der Waals surface area contributed by atoms with Crippen LogP contribution in [0.4, 0.5) is 0 Å². The van der Waals surface area contributed by atoms with Gasteiger partial charge in [0.05, 0.1) is 5.69 Å². The molecule has 0 aliphatic carbocycles. The maximum Gasteiger partial charge on any atom is 0.125 e. The molecule has 1 aromatic heterocycles. The van der Waals surface area contributed by atoms with E-state index in [1.54, 1.807) is 25.2 Å². The van der Waals surface area contributed by atoms with Crippen molar-refractivity contribution < 1.29 is 5.11 Å². The average Bonchev–Trinajstić information content (AvgIpc) is 2.74. The Kier molecular flexibility index (Phi) is 3.55. The van der Waals surface area contributed by atoms with E-state index < -0.39 is 5.60 Å². The molecule has 0 unspecified atom stereocenters. The Bertz CT molecular complexity index is 523. The summed E-state index contributed by atoms with van der Waals surface area (Å²) in [6.07, 6.45) is 0. The minimum absolute atomic E-state index is 0.411. The lowest BCUT2D eigenvalue weighted by Crippen LogP contribution is -2.14. The van der Waals surface area contributed by atoms with Gasteiger partial charge >= 0.3 is 0 Å². The highest BCUT2D eigenvalue weighted by Gasteiger charge is 2.24. The zero-order valence-electron chi connectivity index (χ0n) is 11.3. The lowest BCUT2D eigenvalue weighted by Gasteiger charge is -2.12. The number of aromatic nitrogens is 1. The highest BCUT2D eigenvalue weighted by molar-refractivity contribution is 7.12. The summed E-state index contributed by atoms with van der Waals surface area (Å²) in [4.78, 5) is 5.88. The van der Waals surface area contributed by atoms with Crippen molar-refractivity contribution in [2.45, 2.75) is 39.2 Å². The van der Waals surface area contributed by atoms with Crippen molar-refractivity contribution in [1.82, 2.24) is 4.98 Å². The maximum absolute atomic E-state index is 10.1. The lowest BCUT2D eigenvalue weighted by atomic mass is 10.1. The van der Waals surface area contributed by atoms with E-state index >= 15 is 0 Å². The summed E-state index contributed by atoms with van der Waals surface area (Å²) >= 11 is 1.61. The van der Waals surface area contributed by atoms with Crippen LogP contribution in [0.15, 0.2) is 30.3 Å². The molecule has 3 heteroatoms. The molecular weight excluding hydrogens is 242 g/mol. The molecule has 0 spiro atoms. The molecule has 1 aromatic carbocycles. The second-order valence-electron chi connectivity index (χ2n) is 5.31. The topological polar surface area (TPSA) is 33.1 Å². The standard InChI is InChI=1S/C15H19NOS/c1-10(2)13-12(11-8-6-5-7-9-11)16-14(18-13)15(3,4)17/h5-10,17H,1-4H3. The molecule has 0 amide bonds. The number of rotatable bonds is 3. The largest absolute Gasteiger partial charge is 0.383 e. The first-order chi connectivity index (χ1) is 8.39. The molecular formula is C15H19NOS. The quantitative estimate of drug-likeness (QED) is 0.900. The number of thiazole rings is 1. The third-order valence-corrected chi connectivity index (χ3v) is 4.42. The van der Waals surface area contributed by atoms with Gasteiger partial charge in [0.1, 0.15) is 10.6 Å². The van der Waals surface area contributed by atoms with Crippen LogP contribution < -0.4 is 0 Å². The number of hydrogen-bond acceptors (Lipinski definition) is 3. The van der Waals surface area contributed by atoms with Crippen molar-refractivity contribution in [3.8, 4) is 11.3 Å². The Morgan fingerprint density at radius 3 is 2.28 bits per heavy atom. The van der Waals surface area contributed by atoms with E-state index in [2.05, 4.69) is 31.0 Å². The minimum atomic E-state index is -0.874. The maximum atomic E-state index is 10.1. The van der Waals surface area contributed by atoms with Gasteiger partial charge in [-0.15, -0.1) is 11.3 Å². The summed E-state index contributed by atoms with van der Waals surface area (Å²) in [5.41, 5.74) is 1.25. The van der Waals surface area contributed by atoms with Gasteiger partial charge in [-0.05, 0) is 19.8 Å². The summed E-state index contributed by atoms with van der Waals surface area (Å²) < 4.78 is 0. The molecule has 0 aliphatic rings. The molecule has 2 nitrogen and oxygen atoms in total. The van der Waals surface area contributed by atoms with Crippen LogP contribution in [0.5, 0.6) is 0 Å². The van der Waals surface area contributed by atoms with E-state index in [4.69, 9.17) is 0 Å². The fourth-order valence-electron chi connectivity index (χ4n) is 1.79. The van der Waals surface area contributed by atoms with Crippen molar-refractivity contribution in [2.75, 3.05) is 0 Å². The summed E-state index contributed by atoms with van der Waals surface area (Å²) in [7, 11) is 0. The van der Waals surface area contributed by atoms with Crippen LogP contribution in [0.3, 0.4) is 0 Å². The van der Waals surface area contributed by atoms with Crippen LogP contribution in [0, 0.1) is 0 Å². The molecule has 0 aliphatic heterocycles. The normalized spacial score (nSPS) is 12.1. The van der Waals surface area contributed by atoms with E-state index in [9.17, 15) is 5.11 Å². The predicted molar refractivity (Wildman–Crippen MR) is 76.9 cm³/mol. The molecule has 1 heterocycles. The Morgan fingerprint density at radius 1 is 1.17 bits per heavy atom. The highest BCUT2D eigenvalue weighted by Crippen LogP contribution is 2.37. The number of aliphatic hydroxyl groups is 1. The van der Waals surface area contributed by atoms with Crippen molar-refractivity contribution in [3.63, 3.8) is 0 Å². The van der Waals surface area contributed by atoms with Crippen molar-refractivity contribution in [1.29, 1.82) is 0 Å². The zero-order chi connectivity index (χ0) is 13.3. The van der Waals surface area contributed by atoms with Gasteiger partial charge in [0.15, 0.2) is 0 Å². The molecule has 96 valence electrons. The Labute approximate surface area is 112 Å². The molecule has 0 atom stereocenters. The fraction of sp³-hybridized carbons (Fsp3) is 0.400. The predicted octanol–water partition coefficient (Wildman–Crippen LogP) is 4.16. The van der Waals surface area contributed by atoms with Gasteiger partial charge in [0.25, 0.3) is 0 Å². The molecule has 0 radical (unpaired) electrons. The van der Waals surface area contributed by atoms with Gasteiger partial charge < -0.3 is 5.11 Å². The molecule has 2 rings (SSSR count). The zero-order valence-corrected chi connectivity index (χ0v) is 12.1. The molecule has 2 aromatic rings. The first-order valence-corrected chi connectivity index (χ1v) is 7.00. The molecule has 0 fully saturated rings. The monoisotopic (exact) mass is 261 g/mol. The van der Waals surface area contributed by atoms with Crippen LogP contribution in [-0.4, -0.2) is 10.1 Å². The Balaban J connectivity index is 2.56. The number of nitrogens with zero attached hydrogens (tertiary/aromatic N) is 1. The van der Waals surface area contributed by atoms with Gasteiger partial charge in [-0.25, -0.2) is 4.98 Å². The second kappa shape index (κ2) is 4.82. The Morgan fingerprint density at radius 2 is 1.78 bits per heavy atom. The van der Waals surface area contributed by atoms with E-state index in [0.717, 1.165) is 16.3 Å². The third kappa shape index (κ3) is 2.62. The smallest absolute Gasteiger partial charge is 0.125 e. The summed E-state index contributed by atoms with van der Waals surface area (Å²) in [5, 5.41) is 10.9. The Hall–Kier alpha value is -1.19.